The van der Waals surface area contributed by atoms with E-state index in [9.17, 15) is 0 Å². The van der Waals surface area contributed by atoms with Gasteiger partial charge in [-0.05, 0) is 35.5 Å². The van der Waals surface area contributed by atoms with Gasteiger partial charge in [-0.3, -0.25) is 0 Å². The van der Waals surface area contributed by atoms with Crippen molar-refractivity contribution in [3.63, 3.8) is 0 Å². The first-order chi connectivity index (χ1) is 7.81. The molecule has 0 fully saturated rings. The third-order valence-electron chi connectivity index (χ3n) is 2.89. The van der Waals surface area contributed by atoms with Crippen LogP contribution in [0.3, 0.4) is 0 Å². The van der Waals surface area contributed by atoms with Gasteiger partial charge in [0.05, 0.1) is 0 Å². The molecule has 0 saturated heterocycles. The zero-order valence-electron chi connectivity index (χ0n) is 10.3. The lowest BCUT2D eigenvalue weighted by molar-refractivity contribution is 0.297. The summed E-state index contributed by atoms with van der Waals surface area (Å²) >= 11 is 1.73. The maximum absolute atomic E-state index is 5.77. The van der Waals surface area contributed by atoms with Gasteiger partial charge >= 0.3 is 0 Å². The second kappa shape index (κ2) is 7.79. The topological polar surface area (TPSA) is 41.3 Å². The minimum atomic E-state index is 0.307. The predicted molar refractivity (Wildman–Crippen MR) is 71.9 cm³/mol. The molecule has 1 atom stereocenters. The van der Waals surface area contributed by atoms with Crippen LogP contribution in [0.1, 0.15) is 25.5 Å². The quantitative estimate of drug-likeness (QED) is 0.727. The normalized spacial score (nSPS) is 13.2. The molecule has 3 N–H and O–H groups in total. The number of hydrogen-bond acceptors (Lipinski definition) is 4. The van der Waals surface area contributed by atoms with E-state index in [0.717, 1.165) is 26.2 Å². The first-order valence-corrected chi connectivity index (χ1v) is 6.94. The van der Waals surface area contributed by atoms with Gasteiger partial charge in [-0.1, -0.05) is 13.8 Å². The van der Waals surface area contributed by atoms with Crippen LogP contribution in [0.4, 0.5) is 0 Å². The molecule has 3 nitrogen and oxygen atoms in total. The van der Waals surface area contributed by atoms with Crippen LogP contribution in [0.15, 0.2) is 16.8 Å². The predicted octanol–water partition coefficient (Wildman–Crippen LogP) is 1.68. The summed E-state index contributed by atoms with van der Waals surface area (Å²) in [5, 5.41) is 7.78. The summed E-state index contributed by atoms with van der Waals surface area (Å²) in [5.74, 6) is 0. The Kier molecular flexibility index (Phi) is 6.64. The Morgan fingerprint density at radius 2 is 2.19 bits per heavy atom. The van der Waals surface area contributed by atoms with Crippen molar-refractivity contribution in [3.05, 3.63) is 22.4 Å². The molecular weight excluding hydrogens is 218 g/mol. The van der Waals surface area contributed by atoms with E-state index in [-0.39, 0.29) is 0 Å². The van der Waals surface area contributed by atoms with Crippen LogP contribution in [0.25, 0.3) is 0 Å². The van der Waals surface area contributed by atoms with Crippen molar-refractivity contribution in [1.82, 2.24) is 10.2 Å². The molecule has 1 aromatic heterocycles. The van der Waals surface area contributed by atoms with Gasteiger partial charge in [0.25, 0.3) is 0 Å². The summed E-state index contributed by atoms with van der Waals surface area (Å²) in [6, 6.07) is 2.45. The Morgan fingerprint density at radius 3 is 2.69 bits per heavy atom. The van der Waals surface area contributed by atoms with Gasteiger partial charge in [-0.15, -0.1) is 0 Å². The SMILES string of the molecule is CCN(CC)CCNC(CN)c1ccsc1. The molecule has 0 amide bonds. The highest BCUT2D eigenvalue weighted by molar-refractivity contribution is 7.07. The van der Waals surface area contributed by atoms with Gasteiger partial charge in [0.15, 0.2) is 0 Å². The van der Waals surface area contributed by atoms with Crippen molar-refractivity contribution in [3.8, 4) is 0 Å². The first-order valence-electron chi connectivity index (χ1n) is 5.99. The Labute approximate surface area is 103 Å². The molecule has 0 bridgehead atoms. The fourth-order valence-electron chi connectivity index (χ4n) is 1.75. The van der Waals surface area contributed by atoms with Gasteiger partial charge in [0.1, 0.15) is 0 Å². The Hall–Kier alpha value is -0.420. The summed E-state index contributed by atoms with van der Waals surface area (Å²) in [6.07, 6.45) is 0. The molecule has 1 aromatic rings. The van der Waals surface area contributed by atoms with Gasteiger partial charge < -0.3 is 16.0 Å². The van der Waals surface area contributed by atoms with Crippen molar-refractivity contribution < 1.29 is 0 Å². The van der Waals surface area contributed by atoms with Crippen LogP contribution >= 0.6 is 11.3 Å². The molecule has 0 aliphatic heterocycles. The highest BCUT2D eigenvalue weighted by Gasteiger charge is 2.09. The van der Waals surface area contributed by atoms with E-state index >= 15 is 0 Å². The molecule has 16 heavy (non-hydrogen) atoms. The highest BCUT2D eigenvalue weighted by Crippen LogP contribution is 2.14. The summed E-state index contributed by atoms with van der Waals surface area (Å²) < 4.78 is 0. The molecule has 0 spiro atoms. The molecule has 4 heteroatoms. The van der Waals surface area contributed by atoms with Crippen molar-refractivity contribution in [1.29, 1.82) is 0 Å². The lowest BCUT2D eigenvalue weighted by atomic mass is 10.1. The lowest BCUT2D eigenvalue weighted by Crippen LogP contribution is -2.36. The van der Waals surface area contributed by atoms with Crippen LogP contribution in [-0.4, -0.2) is 37.6 Å². The van der Waals surface area contributed by atoms with E-state index in [1.54, 1.807) is 11.3 Å². The maximum atomic E-state index is 5.77. The Bertz CT molecular complexity index is 257. The largest absolute Gasteiger partial charge is 0.329 e. The minimum absolute atomic E-state index is 0.307. The zero-order chi connectivity index (χ0) is 11.8. The average molecular weight is 241 g/mol. The Balaban J connectivity index is 2.30. The first kappa shape index (κ1) is 13.6. The van der Waals surface area contributed by atoms with Gasteiger partial charge in [0, 0.05) is 25.7 Å². The van der Waals surface area contributed by atoms with Gasteiger partial charge in [0.2, 0.25) is 0 Å². The van der Waals surface area contributed by atoms with E-state index in [4.69, 9.17) is 5.73 Å². The lowest BCUT2D eigenvalue weighted by Gasteiger charge is -2.21. The van der Waals surface area contributed by atoms with Crippen molar-refractivity contribution in [2.75, 3.05) is 32.7 Å². The second-order valence-electron chi connectivity index (χ2n) is 3.83. The van der Waals surface area contributed by atoms with Crippen LogP contribution in [0.5, 0.6) is 0 Å². The monoisotopic (exact) mass is 241 g/mol. The van der Waals surface area contributed by atoms with E-state index in [1.165, 1.54) is 5.56 Å². The summed E-state index contributed by atoms with van der Waals surface area (Å²) in [6.45, 7) is 9.38. The zero-order valence-corrected chi connectivity index (χ0v) is 11.1. The Morgan fingerprint density at radius 1 is 1.44 bits per heavy atom. The summed E-state index contributed by atoms with van der Waals surface area (Å²) in [7, 11) is 0. The summed E-state index contributed by atoms with van der Waals surface area (Å²) in [5.41, 5.74) is 7.09. The molecular formula is C12H23N3S. The van der Waals surface area contributed by atoms with Gasteiger partial charge in [-0.2, -0.15) is 11.3 Å². The van der Waals surface area contributed by atoms with Crippen LogP contribution in [0, 0.1) is 0 Å². The van der Waals surface area contributed by atoms with Crippen molar-refractivity contribution >= 4 is 11.3 Å². The molecule has 1 unspecified atom stereocenters. The molecule has 0 aliphatic carbocycles. The number of nitrogens with two attached hydrogens (primary N) is 1. The molecule has 1 heterocycles. The summed E-state index contributed by atoms with van der Waals surface area (Å²) in [4.78, 5) is 2.41. The third-order valence-corrected chi connectivity index (χ3v) is 3.60. The number of hydrogen-bond donors (Lipinski definition) is 2. The fraction of sp³-hybridized carbons (Fsp3) is 0.667. The molecule has 92 valence electrons. The fourth-order valence-corrected chi connectivity index (χ4v) is 2.46. The number of nitrogens with zero attached hydrogens (tertiary/aromatic N) is 1. The average Bonchev–Trinajstić information content (AvgIpc) is 2.83. The smallest absolute Gasteiger partial charge is 0.0453 e. The van der Waals surface area contributed by atoms with Crippen LogP contribution < -0.4 is 11.1 Å². The molecule has 0 aliphatic rings. The van der Waals surface area contributed by atoms with E-state index in [1.807, 2.05) is 0 Å². The number of rotatable bonds is 8. The molecule has 1 rings (SSSR count). The molecule has 0 aromatic carbocycles. The standard InChI is InChI=1S/C12H23N3S/c1-3-15(4-2)7-6-14-12(9-13)11-5-8-16-10-11/h5,8,10,12,14H,3-4,6-7,9,13H2,1-2H3. The van der Waals surface area contributed by atoms with E-state index in [0.29, 0.717) is 12.6 Å². The number of likely N-dealkylation sites (N-methyl/N-ethyl adjacent to an activating group) is 1. The van der Waals surface area contributed by atoms with E-state index < -0.39 is 0 Å². The van der Waals surface area contributed by atoms with Crippen LogP contribution in [0.2, 0.25) is 0 Å². The van der Waals surface area contributed by atoms with Crippen molar-refractivity contribution in [2.24, 2.45) is 5.73 Å². The molecule has 0 saturated carbocycles. The van der Waals surface area contributed by atoms with E-state index in [2.05, 4.69) is 40.9 Å². The van der Waals surface area contributed by atoms with Crippen LogP contribution in [-0.2, 0) is 0 Å². The highest BCUT2D eigenvalue weighted by atomic mass is 32.1. The van der Waals surface area contributed by atoms with Gasteiger partial charge in [-0.25, -0.2) is 0 Å². The molecule has 0 radical (unpaired) electrons. The number of nitrogens with one attached hydrogen (secondary N) is 1. The third kappa shape index (κ3) is 4.22. The minimum Gasteiger partial charge on any atom is -0.329 e. The number of thiophene rings is 1. The van der Waals surface area contributed by atoms with Crippen molar-refractivity contribution in [2.45, 2.75) is 19.9 Å². The maximum Gasteiger partial charge on any atom is 0.0453 e. The second-order valence-corrected chi connectivity index (χ2v) is 4.61.